The fraction of sp³-hybridized carbons (Fsp3) is 0.278. The van der Waals surface area contributed by atoms with Crippen molar-refractivity contribution in [3.8, 4) is 0 Å². The first kappa shape index (κ1) is 21.2. The lowest BCUT2D eigenvalue weighted by Crippen LogP contribution is -2.39. The summed E-state index contributed by atoms with van der Waals surface area (Å²) in [6.07, 6.45) is 1.08. The average molecular weight is 492 g/mol. The highest BCUT2D eigenvalue weighted by Crippen LogP contribution is 2.25. The van der Waals surface area contributed by atoms with Gasteiger partial charge in [-0.2, -0.15) is 0 Å². The fourth-order valence-electron chi connectivity index (χ4n) is 2.96. The molecular weight excluding hydrogens is 475 g/mol. The Bertz CT molecular complexity index is 1020. The Kier molecular flexibility index (Phi) is 6.41. The minimum absolute atomic E-state index is 0.0445. The van der Waals surface area contributed by atoms with Gasteiger partial charge in [0, 0.05) is 11.7 Å². The van der Waals surface area contributed by atoms with Crippen LogP contribution in [0.25, 0.3) is 0 Å². The number of anilines is 1. The molecule has 3 N–H and O–H groups in total. The Morgan fingerprint density at radius 1 is 1.21 bits per heavy atom. The molecule has 0 spiro atoms. The van der Waals surface area contributed by atoms with Crippen LogP contribution in [0.3, 0.4) is 0 Å². The number of nitrogens with one attached hydrogen (secondary N) is 2. The van der Waals surface area contributed by atoms with Gasteiger partial charge in [-0.15, -0.1) is 0 Å². The second kappa shape index (κ2) is 8.46. The first-order valence-electron chi connectivity index (χ1n) is 8.44. The van der Waals surface area contributed by atoms with Crippen molar-refractivity contribution in [1.82, 2.24) is 4.72 Å². The van der Waals surface area contributed by atoms with Crippen molar-refractivity contribution in [2.75, 3.05) is 5.32 Å². The number of sulfonamides is 1. The molecular formula is C18H17BrClFN2O4S. The normalized spacial score (nSPS) is 19.6. The molecule has 2 aromatic carbocycles. The molecule has 0 aliphatic heterocycles. The number of carbonyl (C=O) groups excluding carboxylic acids is 1. The molecule has 3 rings (SSSR count). The summed E-state index contributed by atoms with van der Waals surface area (Å²) in [6.45, 7) is 0. The van der Waals surface area contributed by atoms with Gasteiger partial charge >= 0.3 is 0 Å². The molecule has 10 heteroatoms. The van der Waals surface area contributed by atoms with Crippen LogP contribution in [0.4, 0.5) is 10.1 Å². The molecule has 1 saturated carbocycles. The SMILES string of the molecule is O=C(Nc1ccc(F)c(Br)c1)c1cc(S(=O)(=O)NC2CCCC2O)ccc1Cl. The number of carbonyl (C=O) groups is 1. The van der Waals surface area contributed by atoms with Gasteiger partial charge in [0.05, 0.1) is 26.1 Å². The highest BCUT2D eigenvalue weighted by atomic mass is 79.9. The summed E-state index contributed by atoms with van der Waals surface area (Å²) in [7, 11) is -3.94. The van der Waals surface area contributed by atoms with Crippen LogP contribution in [-0.4, -0.2) is 31.6 Å². The second-order valence-electron chi connectivity index (χ2n) is 6.45. The van der Waals surface area contributed by atoms with E-state index in [2.05, 4.69) is 26.0 Å². The predicted octanol–water partition coefficient (Wildman–Crippen LogP) is 3.69. The molecule has 0 saturated heterocycles. The fourth-order valence-corrected chi connectivity index (χ4v) is 4.88. The minimum Gasteiger partial charge on any atom is -0.391 e. The molecule has 0 heterocycles. The van der Waals surface area contributed by atoms with Crippen molar-refractivity contribution in [1.29, 1.82) is 0 Å². The van der Waals surface area contributed by atoms with Gasteiger partial charge in [0.25, 0.3) is 5.91 Å². The third-order valence-corrected chi connectivity index (χ3v) is 6.88. The summed E-state index contributed by atoms with van der Waals surface area (Å²) < 4.78 is 41.2. The second-order valence-corrected chi connectivity index (χ2v) is 9.43. The number of hydrogen-bond acceptors (Lipinski definition) is 4. The minimum atomic E-state index is -3.94. The average Bonchev–Trinajstić information content (AvgIpc) is 3.02. The molecule has 1 amide bonds. The maximum atomic E-state index is 13.3. The van der Waals surface area contributed by atoms with Crippen molar-refractivity contribution >= 4 is 49.1 Å². The van der Waals surface area contributed by atoms with Gasteiger partial charge in [-0.3, -0.25) is 4.79 Å². The molecule has 2 aromatic rings. The molecule has 2 atom stereocenters. The van der Waals surface area contributed by atoms with Crippen LogP contribution >= 0.6 is 27.5 Å². The van der Waals surface area contributed by atoms with Gasteiger partial charge in [0.1, 0.15) is 5.82 Å². The number of hydrogen-bond donors (Lipinski definition) is 3. The monoisotopic (exact) mass is 490 g/mol. The van der Waals surface area contributed by atoms with Crippen LogP contribution in [0.1, 0.15) is 29.6 Å². The largest absolute Gasteiger partial charge is 0.391 e. The number of amides is 1. The Balaban J connectivity index is 1.84. The van der Waals surface area contributed by atoms with E-state index in [1.54, 1.807) is 0 Å². The molecule has 0 bridgehead atoms. The van der Waals surface area contributed by atoms with Gasteiger partial charge in [0.15, 0.2) is 0 Å². The van der Waals surface area contributed by atoms with E-state index in [0.717, 1.165) is 6.42 Å². The highest BCUT2D eigenvalue weighted by Gasteiger charge is 2.30. The van der Waals surface area contributed by atoms with Gasteiger partial charge in [-0.25, -0.2) is 17.5 Å². The molecule has 1 fully saturated rings. The Hall–Kier alpha value is -1.52. The molecule has 1 aliphatic carbocycles. The van der Waals surface area contributed by atoms with Crippen LogP contribution in [-0.2, 0) is 10.0 Å². The van der Waals surface area contributed by atoms with E-state index < -0.39 is 33.9 Å². The van der Waals surface area contributed by atoms with E-state index >= 15 is 0 Å². The summed E-state index contributed by atoms with van der Waals surface area (Å²) in [5, 5.41) is 12.5. The first-order valence-corrected chi connectivity index (χ1v) is 11.1. The standard InChI is InChI=1S/C18H17BrClFN2O4S/c19-13-8-10(4-7-15(13)21)22-18(25)12-9-11(5-6-14(12)20)28(26,27)23-16-2-1-3-17(16)24/h4-9,16-17,23-24H,1-3H2,(H,22,25). The van der Waals surface area contributed by atoms with Crippen LogP contribution in [0.15, 0.2) is 45.8 Å². The van der Waals surface area contributed by atoms with Crippen LogP contribution in [0, 0.1) is 5.82 Å². The Morgan fingerprint density at radius 2 is 1.96 bits per heavy atom. The van der Waals surface area contributed by atoms with Crippen LogP contribution in [0.5, 0.6) is 0 Å². The predicted molar refractivity (Wildman–Crippen MR) is 107 cm³/mol. The van der Waals surface area contributed by atoms with Crippen LogP contribution < -0.4 is 10.0 Å². The molecule has 6 nitrogen and oxygen atoms in total. The number of rotatable bonds is 5. The van der Waals surface area contributed by atoms with E-state index in [1.807, 2.05) is 0 Å². The lowest BCUT2D eigenvalue weighted by Gasteiger charge is -2.17. The van der Waals surface area contributed by atoms with E-state index in [9.17, 15) is 22.7 Å². The number of halogens is 3. The van der Waals surface area contributed by atoms with Gasteiger partial charge < -0.3 is 10.4 Å². The van der Waals surface area contributed by atoms with Gasteiger partial charge in [0.2, 0.25) is 10.0 Å². The summed E-state index contributed by atoms with van der Waals surface area (Å²) >= 11 is 9.10. The zero-order chi connectivity index (χ0) is 20.5. The van der Waals surface area contributed by atoms with Crippen molar-refractivity contribution in [3.05, 3.63) is 57.3 Å². The summed E-state index contributed by atoms with van der Waals surface area (Å²) in [5.74, 6) is -1.12. The summed E-state index contributed by atoms with van der Waals surface area (Å²) in [4.78, 5) is 12.4. The Labute approximate surface area is 175 Å². The van der Waals surface area contributed by atoms with E-state index in [0.29, 0.717) is 18.5 Å². The topological polar surface area (TPSA) is 95.5 Å². The first-order chi connectivity index (χ1) is 13.2. The highest BCUT2D eigenvalue weighted by molar-refractivity contribution is 9.10. The molecule has 150 valence electrons. The van der Waals surface area contributed by atoms with Crippen molar-refractivity contribution < 1.29 is 22.7 Å². The third-order valence-electron chi connectivity index (χ3n) is 4.46. The zero-order valence-corrected chi connectivity index (χ0v) is 17.6. The molecule has 28 heavy (non-hydrogen) atoms. The zero-order valence-electron chi connectivity index (χ0n) is 14.5. The maximum absolute atomic E-state index is 13.3. The molecule has 2 unspecified atom stereocenters. The number of aliphatic hydroxyl groups is 1. The van der Waals surface area contributed by atoms with Gasteiger partial charge in [-0.05, 0) is 71.6 Å². The molecule has 0 aromatic heterocycles. The third kappa shape index (κ3) is 4.72. The lowest BCUT2D eigenvalue weighted by atomic mass is 10.2. The van der Waals surface area contributed by atoms with E-state index in [1.165, 1.54) is 36.4 Å². The number of aliphatic hydroxyl groups excluding tert-OH is 1. The smallest absolute Gasteiger partial charge is 0.257 e. The maximum Gasteiger partial charge on any atom is 0.257 e. The van der Waals surface area contributed by atoms with Crippen molar-refractivity contribution in [2.24, 2.45) is 0 Å². The van der Waals surface area contributed by atoms with Crippen molar-refractivity contribution in [2.45, 2.75) is 36.3 Å². The van der Waals surface area contributed by atoms with Crippen LogP contribution in [0.2, 0.25) is 5.02 Å². The summed E-state index contributed by atoms with van der Waals surface area (Å²) in [6, 6.07) is 7.14. The molecule has 1 aliphatic rings. The van der Waals surface area contributed by atoms with Gasteiger partial charge in [-0.1, -0.05) is 11.6 Å². The summed E-state index contributed by atoms with van der Waals surface area (Å²) in [5.41, 5.74) is 0.270. The quantitative estimate of drug-likeness (QED) is 0.594. The Morgan fingerprint density at radius 3 is 2.61 bits per heavy atom. The van der Waals surface area contributed by atoms with E-state index in [-0.39, 0.29) is 20.0 Å². The lowest BCUT2D eigenvalue weighted by molar-refractivity contribution is 0.102. The van der Waals surface area contributed by atoms with E-state index in [4.69, 9.17) is 11.6 Å². The number of benzene rings is 2. The molecule has 0 radical (unpaired) electrons. The van der Waals surface area contributed by atoms with Crippen molar-refractivity contribution in [3.63, 3.8) is 0 Å².